The maximum Gasteiger partial charge on any atom is 0.269 e. The molecule has 4 aliphatic heterocycles. The van der Waals surface area contributed by atoms with E-state index in [1.807, 2.05) is 0 Å². The number of nitrogens with zero attached hydrogens (tertiary/aromatic N) is 9. The molecular formula is C106H108Cl4F4N16O16. The fourth-order valence-corrected chi connectivity index (χ4v) is 23.9. The van der Waals surface area contributed by atoms with Gasteiger partial charge in [0.1, 0.15) is 96.6 Å². The van der Waals surface area contributed by atoms with Gasteiger partial charge in [-0.3, -0.25) is 62.2 Å². The van der Waals surface area contributed by atoms with Crippen molar-refractivity contribution in [3.05, 3.63) is 252 Å². The Labute approximate surface area is 854 Å². The van der Waals surface area contributed by atoms with Gasteiger partial charge in [-0.25, -0.2) is 17.6 Å². The van der Waals surface area contributed by atoms with Gasteiger partial charge in [0, 0.05) is 144 Å². The largest absolute Gasteiger partial charge is 0.508 e. The molecule has 4 saturated heterocycles. The molecule has 0 unspecified atom stereocenters. The molecule has 32 nitrogen and oxygen atoms in total. The Bertz CT molecular complexity index is 6780. The molecule has 764 valence electrons. The highest BCUT2D eigenvalue weighted by Gasteiger charge is 2.53. The molecule has 12 atom stereocenters. The zero-order valence-corrected chi connectivity index (χ0v) is 82.4. The number of carbonyl (C=O) groups is 12. The molecule has 146 heavy (non-hydrogen) atoms. The van der Waals surface area contributed by atoms with E-state index >= 15 is 0 Å². The maximum atomic E-state index is 14.3. The first-order chi connectivity index (χ1) is 70.0. The Morgan fingerprint density at radius 2 is 0.692 bits per heavy atom. The standard InChI is InChI=1S/C28H29ClFN3O4.C27H28ClFN4O4.C26H26ClFN4O4.C25H25ClFN5O4/c1-16(34)21-14-32(24-12-19(35)9-10-20(21)24)15-26(36)33-23-8-3-2-5-17(23)11-25(33)28(37)31-13-18-6-4-7-22(29)27(18)30;28-20-6-3-5-16(25(20)29)12-31-27(37)23-10-15-4-1-2-7-21(15)33(23)24(35)14-32-13-19(26(30)36)18-9-8-17(34)11-22(18)32;27-20-6-2-3-14(23(20)28)10-30-26(36)24-17-5-1-4-15(17)11-32(24)22(34)13-31-12-19(25(29)35)18-8-7-16(33)9-21(18)31;26-18-6-2-3-13(21(18)27)10-29-25(36)23-16-5-1-4-14(16)11-31(23)20(34)12-32-19-9-15(33)7-8-17(19)22(30-32)24(28)35/h4,6-7,9-10,12,14,17,23,25,35H,2-3,5,8,11,13,15H2,1H3,(H,31,37);3,5-6,8-9,11,13,15,21,23,34H,1-2,4,7,10,12,14H2,(H2,30,36)(H,31,37);2-3,6-9,12,15,17,24,33H,1,4-5,10-11,13H2,(H2,29,35)(H,30,36);2-3,6-9,14,16,23,33H,1,4-5,10-12H2,(H2,28,35)(H,29,36)/t17-,23-,25+;15-,21-,23+;15-,17-,24-;14-,16-,23-/m1100/s1. The summed E-state index contributed by atoms with van der Waals surface area (Å²) in [6.07, 6.45) is 18.8. The van der Waals surface area contributed by atoms with Crippen LogP contribution in [-0.4, -0.2) is 184 Å². The second-order valence-electron chi connectivity index (χ2n) is 38.7. The normalized spacial score (nSPS) is 21.1. The fourth-order valence-electron chi connectivity index (χ4n) is 23.1. The summed E-state index contributed by atoms with van der Waals surface area (Å²) in [5.41, 5.74) is 20.5. The molecule has 12 aromatic rings. The maximum absolute atomic E-state index is 14.3. The van der Waals surface area contributed by atoms with E-state index in [4.69, 9.17) is 63.6 Å². The summed E-state index contributed by atoms with van der Waals surface area (Å²) in [5, 5.41) is 57.3. The lowest BCUT2D eigenvalue weighted by atomic mass is 9.84. The molecule has 11 amide bonds. The van der Waals surface area contributed by atoms with E-state index < -0.39 is 65.2 Å². The Balaban J connectivity index is 0.000000133. The third-order valence-electron chi connectivity index (χ3n) is 29.9. The predicted molar refractivity (Wildman–Crippen MR) is 535 cm³/mol. The van der Waals surface area contributed by atoms with E-state index in [9.17, 15) is 95.5 Å². The van der Waals surface area contributed by atoms with Gasteiger partial charge in [-0.1, -0.05) is 133 Å². The van der Waals surface area contributed by atoms with E-state index in [2.05, 4.69) is 26.4 Å². The molecule has 40 heteroatoms. The van der Waals surface area contributed by atoms with Crippen molar-refractivity contribution in [2.75, 3.05) is 13.1 Å². The summed E-state index contributed by atoms with van der Waals surface area (Å²) in [5.74, 6) is -6.05. The number of Topliss-reactive ketones (excluding diaryl/α,β-unsaturated/α-hetero) is 1. The third kappa shape index (κ3) is 21.6. The first-order valence-corrected chi connectivity index (χ1v) is 50.1. The lowest BCUT2D eigenvalue weighted by Crippen LogP contribution is -2.50. The molecule has 4 saturated carbocycles. The highest BCUT2D eigenvalue weighted by Crippen LogP contribution is 2.47. The van der Waals surface area contributed by atoms with Crippen LogP contribution in [0.25, 0.3) is 43.6 Å². The number of primary amides is 3. The van der Waals surface area contributed by atoms with Gasteiger partial charge in [-0.05, 0) is 179 Å². The molecule has 0 bridgehead atoms. The van der Waals surface area contributed by atoms with Crippen LogP contribution in [0.3, 0.4) is 0 Å². The van der Waals surface area contributed by atoms with Crippen LogP contribution in [0.1, 0.15) is 173 Å². The molecule has 8 fully saturated rings. The number of amides is 11. The summed E-state index contributed by atoms with van der Waals surface area (Å²) in [7, 11) is 0. The number of aromatic hydroxyl groups is 4. The zero-order chi connectivity index (χ0) is 104. The summed E-state index contributed by atoms with van der Waals surface area (Å²) in [6, 6.07) is 33.7. The van der Waals surface area contributed by atoms with Gasteiger partial charge >= 0.3 is 0 Å². The van der Waals surface area contributed by atoms with Gasteiger partial charge in [0.2, 0.25) is 47.3 Å². The van der Waals surface area contributed by atoms with E-state index in [0.717, 1.165) is 89.9 Å². The van der Waals surface area contributed by atoms with Crippen molar-refractivity contribution in [2.24, 2.45) is 52.7 Å². The van der Waals surface area contributed by atoms with Crippen LogP contribution in [0.4, 0.5) is 17.6 Å². The molecule has 8 aromatic carbocycles. The highest BCUT2D eigenvalue weighted by molar-refractivity contribution is 6.32. The van der Waals surface area contributed by atoms with E-state index in [-0.39, 0.29) is 235 Å². The number of likely N-dealkylation sites (tertiary alicyclic amines) is 4. The molecule has 14 N–H and O–H groups in total. The third-order valence-corrected chi connectivity index (χ3v) is 31.1. The molecule has 0 radical (unpaired) electrons. The number of fused-ring (bicyclic) bond motifs is 8. The Hall–Kier alpha value is -14.2. The summed E-state index contributed by atoms with van der Waals surface area (Å²) < 4.78 is 63.4. The molecule has 4 aromatic heterocycles. The minimum Gasteiger partial charge on any atom is -0.508 e. The number of hydrogen-bond donors (Lipinski definition) is 11. The number of phenols is 4. The van der Waals surface area contributed by atoms with Crippen molar-refractivity contribution in [3.63, 3.8) is 0 Å². The van der Waals surface area contributed by atoms with Crippen LogP contribution in [0.15, 0.2) is 164 Å². The van der Waals surface area contributed by atoms with E-state index in [1.165, 1.54) is 103 Å². The molecular weight excluding hydrogens is 1970 g/mol. The molecule has 8 heterocycles. The zero-order valence-electron chi connectivity index (χ0n) is 79.4. The number of carbonyl (C=O) groups excluding carboxylic acids is 12. The quantitative estimate of drug-likeness (QED) is 0.0198. The van der Waals surface area contributed by atoms with Crippen LogP contribution in [0, 0.1) is 58.8 Å². The van der Waals surface area contributed by atoms with Crippen LogP contribution in [0.2, 0.25) is 20.1 Å². The minimum absolute atomic E-state index is 0.00524. The average Bonchev–Trinajstić information content (AvgIpc) is 1.61. The second-order valence-corrected chi connectivity index (χ2v) is 40.3. The van der Waals surface area contributed by atoms with Crippen molar-refractivity contribution >= 4 is 161 Å². The number of halogens is 8. The average molecular weight is 2080 g/mol. The lowest BCUT2D eigenvalue weighted by molar-refractivity contribution is -0.141. The Morgan fingerprint density at radius 3 is 1.05 bits per heavy atom. The van der Waals surface area contributed by atoms with Crippen molar-refractivity contribution < 1.29 is 95.5 Å². The van der Waals surface area contributed by atoms with Crippen molar-refractivity contribution in [3.8, 4) is 23.0 Å². The minimum atomic E-state index is -0.752. The number of nitrogens with one attached hydrogen (secondary N) is 4. The summed E-state index contributed by atoms with van der Waals surface area (Å²) in [4.78, 5) is 162. The number of rotatable bonds is 24. The van der Waals surface area contributed by atoms with Gasteiger partial charge in [-0.15, -0.1) is 0 Å². The number of aromatic nitrogens is 5. The molecule has 8 aliphatic rings. The fraction of sp³-hybridized carbons (Fsp3) is 0.368. The van der Waals surface area contributed by atoms with Gasteiger partial charge < -0.3 is 92.2 Å². The van der Waals surface area contributed by atoms with Crippen LogP contribution < -0.4 is 38.5 Å². The topological polar surface area (TPSA) is 458 Å². The number of ketones is 1. The molecule has 20 rings (SSSR count). The Morgan fingerprint density at radius 1 is 0.370 bits per heavy atom. The molecule has 4 aliphatic carbocycles. The SMILES string of the molecule is CC(=O)c1cn(CC(=O)N2[C@@H]3CCCC[C@@H]3C[C@H]2C(=O)NCc2cccc(Cl)c2F)c2cc(O)ccc12.NC(=O)c1cn(CC(=O)N2C[C@@H]3CCC[C@@H]3[C@H]2C(=O)NCc2cccc(Cl)c2F)c2cc(O)ccc12.NC(=O)c1cn(CC(=O)N2[C@@H]3CCCC[C@@H]3C[C@H]2C(=O)NCc2cccc(Cl)c2F)c2cc(O)ccc12.NC(=O)c1nn(CC(=O)N2C[C@@H]3CCC[C@@H]3[C@H]2C(=O)NCc2cccc(Cl)c2F)c2cc(O)ccc12. The smallest absolute Gasteiger partial charge is 0.269 e. The number of benzene rings is 8. The van der Waals surface area contributed by atoms with Crippen LogP contribution in [0.5, 0.6) is 23.0 Å². The lowest BCUT2D eigenvalue weighted by Gasteiger charge is -2.34. The number of nitrogens with two attached hydrogens (primary N) is 3. The van der Waals surface area contributed by atoms with Crippen molar-refractivity contribution in [1.29, 1.82) is 0 Å². The van der Waals surface area contributed by atoms with Crippen molar-refractivity contribution in [2.45, 2.75) is 198 Å². The predicted octanol–water partition coefficient (Wildman–Crippen LogP) is 14.3. The van der Waals surface area contributed by atoms with Gasteiger partial charge in [0.25, 0.3) is 17.7 Å². The van der Waals surface area contributed by atoms with Gasteiger partial charge in [-0.2, -0.15) is 5.10 Å². The highest BCUT2D eigenvalue weighted by atomic mass is 35.5. The van der Waals surface area contributed by atoms with Gasteiger partial charge in [0.15, 0.2) is 11.5 Å². The second kappa shape index (κ2) is 44.0. The summed E-state index contributed by atoms with van der Waals surface area (Å²) >= 11 is 23.4. The first kappa shape index (κ1) is 103. The molecule has 0 spiro atoms. The van der Waals surface area contributed by atoms with Crippen molar-refractivity contribution in [1.82, 2.24) is 64.3 Å². The number of phenolic OH excluding ortho intramolecular Hbond substituents is 4. The number of hydrogen-bond acceptors (Lipinski definition) is 17. The summed E-state index contributed by atoms with van der Waals surface area (Å²) in [6.45, 7) is 1.65. The Kier molecular flexibility index (Phi) is 31.1. The van der Waals surface area contributed by atoms with E-state index in [1.54, 1.807) is 106 Å². The van der Waals surface area contributed by atoms with Crippen LogP contribution >= 0.6 is 46.4 Å². The first-order valence-electron chi connectivity index (χ1n) is 48.6. The van der Waals surface area contributed by atoms with Crippen LogP contribution in [-0.2, 0) is 90.7 Å². The van der Waals surface area contributed by atoms with E-state index in [0.29, 0.717) is 75.1 Å². The van der Waals surface area contributed by atoms with Gasteiger partial charge in [0.05, 0.1) is 53.3 Å². The monoisotopic (exact) mass is 2080 g/mol.